The molecule has 1 rings (SSSR count). The van der Waals surface area contributed by atoms with Crippen LogP contribution >= 0.6 is 0 Å². The molecule has 1 aromatic rings. The average Bonchev–Trinajstić information content (AvgIpc) is 2.65. The summed E-state index contributed by atoms with van der Waals surface area (Å²) in [4.78, 5) is 0. The summed E-state index contributed by atoms with van der Waals surface area (Å²) in [7, 11) is 0. The highest BCUT2D eigenvalue weighted by Crippen LogP contribution is 2.02. The Bertz CT molecular complexity index is 339. The molecular weight excluding hydrogens is 230 g/mol. The van der Waals surface area contributed by atoms with E-state index in [0.29, 0.717) is 19.8 Å². The first-order valence-electron chi connectivity index (χ1n) is 6.61. The van der Waals surface area contributed by atoms with Gasteiger partial charge in [-0.05, 0) is 39.8 Å². The average molecular weight is 255 g/mol. The summed E-state index contributed by atoms with van der Waals surface area (Å²) in [5.41, 5.74) is 2.26. The summed E-state index contributed by atoms with van der Waals surface area (Å²) in [5, 5.41) is 17.2. The van der Waals surface area contributed by atoms with Gasteiger partial charge < -0.3 is 15.2 Å². The Morgan fingerprint density at radius 2 is 2.28 bits per heavy atom. The van der Waals surface area contributed by atoms with Gasteiger partial charge in [0.25, 0.3) is 0 Å². The topological polar surface area (TPSA) is 59.3 Å². The Hall–Kier alpha value is -0.910. The predicted octanol–water partition coefficient (Wildman–Crippen LogP) is 0.877. The van der Waals surface area contributed by atoms with Gasteiger partial charge in [0.1, 0.15) is 0 Å². The van der Waals surface area contributed by atoms with Gasteiger partial charge in [0, 0.05) is 25.4 Å². The highest BCUT2D eigenvalue weighted by Gasteiger charge is 2.03. The SMILES string of the molecule is CCOCC(O)CNCCCn1nc(C)cc1C. The molecule has 104 valence electrons. The van der Waals surface area contributed by atoms with Crippen LogP contribution in [0.25, 0.3) is 0 Å². The number of aliphatic hydroxyl groups is 1. The van der Waals surface area contributed by atoms with Crippen LogP contribution < -0.4 is 5.32 Å². The molecule has 0 bridgehead atoms. The summed E-state index contributed by atoms with van der Waals surface area (Å²) in [5.74, 6) is 0. The molecule has 1 atom stereocenters. The number of hydrogen-bond donors (Lipinski definition) is 2. The number of rotatable bonds is 9. The van der Waals surface area contributed by atoms with Crippen LogP contribution in [0.15, 0.2) is 6.07 Å². The molecule has 1 aromatic heterocycles. The van der Waals surface area contributed by atoms with Crippen molar-refractivity contribution < 1.29 is 9.84 Å². The fraction of sp³-hybridized carbons (Fsp3) is 0.769. The molecule has 0 amide bonds. The molecule has 0 saturated carbocycles. The van der Waals surface area contributed by atoms with Crippen LogP contribution in [0.5, 0.6) is 0 Å². The van der Waals surface area contributed by atoms with Crippen LogP contribution in [0.2, 0.25) is 0 Å². The maximum atomic E-state index is 9.54. The van der Waals surface area contributed by atoms with Crippen molar-refractivity contribution in [2.24, 2.45) is 0 Å². The first kappa shape index (κ1) is 15.1. The molecule has 0 aliphatic carbocycles. The first-order valence-corrected chi connectivity index (χ1v) is 6.61. The van der Waals surface area contributed by atoms with Crippen LogP contribution in [0, 0.1) is 13.8 Å². The van der Waals surface area contributed by atoms with Gasteiger partial charge in [0.05, 0.1) is 18.4 Å². The van der Waals surface area contributed by atoms with Crippen molar-refractivity contribution in [1.29, 1.82) is 0 Å². The second kappa shape index (κ2) is 8.24. The lowest BCUT2D eigenvalue weighted by atomic mass is 10.3. The van der Waals surface area contributed by atoms with E-state index >= 15 is 0 Å². The van der Waals surface area contributed by atoms with E-state index in [1.165, 1.54) is 5.69 Å². The normalized spacial score (nSPS) is 12.9. The van der Waals surface area contributed by atoms with Crippen molar-refractivity contribution in [3.05, 3.63) is 17.5 Å². The first-order chi connectivity index (χ1) is 8.63. The van der Waals surface area contributed by atoms with Crippen molar-refractivity contribution in [1.82, 2.24) is 15.1 Å². The summed E-state index contributed by atoms with van der Waals surface area (Å²) >= 11 is 0. The molecule has 5 nitrogen and oxygen atoms in total. The molecule has 1 heterocycles. The Labute approximate surface area is 109 Å². The zero-order valence-corrected chi connectivity index (χ0v) is 11.6. The van der Waals surface area contributed by atoms with Crippen molar-refractivity contribution >= 4 is 0 Å². The lowest BCUT2D eigenvalue weighted by Crippen LogP contribution is -2.31. The second-order valence-corrected chi connectivity index (χ2v) is 4.52. The number of aromatic nitrogens is 2. The van der Waals surface area contributed by atoms with Crippen LogP contribution in [0.4, 0.5) is 0 Å². The molecule has 0 radical (unpaired) electrons. The van der Waals surface area contributed by atoms with Crippen LogP contribution in [0.3, 0.4) is 0 Å². The molecule has 5 heteroatoms. The Morgan fingerprint density at radius 1 is 1.50 bits per heavy atom. The van der Waals surface area contributed by atoms with Gasteiger partial charge in [-0.15, -0.1) is 0 Å². The smallest absolute Gasteiger partial charge is 0.0897 e. The van der Waals surface area contributed by atoms with Crippen molar-refractivity contribution in [2.45, 2.75) is 39.8 Å². The summed E-state index contributed by atoms with van der Waals surface area (Å²) in [6.45, 7) is 9.42. The van der Waals surface area contributed by atoms with Crippen LogP contribution in [-0.2, 0) is 11.3 Å². The largest absolute Gasteiger partial charge is 0.389 e. The zero-order valence-electron chi connectivity index (χ0n) is 11.6. The molecule has 2 N–H and O–H groups in total. The predicted molar refractivity (Wildman–Crippen MR) is 71.7 cm³/mol. The van der Waals surface area contributed by atoms with E-state index < -0.39 is 6.10 Å². The molecule has 0 spiro atoms. The number of nitrogens with zero attached hydrogens (tertiary/aromatic N) is 2. The van der Waals surface area contributed by atoms with E-state index in [4.69, 9.17) is 4.74 Å². The molecule has 0 aromatic carbocycles. The molecule has 0 aliphatic heterocycles. The molecule has 0 fully saturated rings. The van der Waals surface area contributed by atoms with E-state index in [-0.39, 0.29) is 0 Å². The van der Waals surface area contributed by atoms with Gasteiger partial charge in [-0.25, -0.2) is 0 Å². The van der Waals surface area contributed by atoms with E-state index in [1.54, 1.807) is 0 Å². The Morgan fingerprint density at radius 3 is 2.89 bits per heavy atom. The standard InChI is InChI=1S/C13H25N3O2/c1-4-18-10-13(17)9-14-6-5-7-16-12(3)8-11(2)15-16/h8,13-14,17H,4-7,9-10H2,1-3H3. The lowest BCUT2D eigenvalue weighted by Gasteiger charge is -2.11. The Kier molecular flexibility index (Phi) is 6.93. The zero-order chi connectivity index (χ0) is 13.4. The number of nitrogens with one attached hydrogen (secondary N) is 1. The summed E-state index contributed by atoms with van der Waals surface area (Å²) in [6, 6.07) is 2.08. The minimum Gasteiger partial charge on any atom is -0.389 e. The molecule has 0 aliphatic rings. The fourth-order valence-electron chi connectivity index (χ4n) is 1.84. The minimum atomic E-state index is -0.418. The van der Waals surface area contributed by atoms with E-state index in [0.717, 1.165) is 25.2 Å². The minimum absolute atomic E-state index is 0.404. The Balaban J connectivity index is 2.06. The second-order valence-electron chi connectivity index (χ2n) is 4.52. The maximum absolute atomic E-state index is 9.54. The van der Waals surface area contributed by atoms with Gasteiger partial charge in [0.2, 0.25) is 0 Å². The maximum Gasteiger partial charge on any atom is 0.0897 e. The number of hydrogen-bond acceptors (Lipinski definition) is 4. The monoisotopic (exact) mass is 255 g/mol. The van der Waals surface area contributed by atoms with Gasteiger partial charge in [-0.3, -0.25) is 4.68 Å². The van der Waals surface area contributed by atoms with Gasteiger partial charge in [0.15, 0.2) is 0 Å². The third-order valence-corrected chi connectivity index (χ3v) is 2.72. The number of aryl methyl sites for hydroxylation is 3. The van der Waals surface area contributed by atoms with E-state index in [2.05, 4.69) is 23.4 Å². The molecule has 1 unspecified atom stereocenters. The quantitative estimate of drug-likeness (QED) is 0.643. The van der Waals surface area contributed by atoms with E-state index in [9.17, 15) is 5.11 Å². The third kappa shape index (κ3) is 5.62. The van der Waals surface area contributed by atoms with Crippen molar-refractivity contribution in [2.75, 3.05) is 26.3 Å². The fourth-order valence-corrected chi connectivity index (χ4v) is 1.84. The molecular formula is C13H25N3O2. The van der Waals surface area contributed by atoms with Gasteiger partial charge in [-0.1, -0.05) is 0 Å². The van der Waals surface area contributed by atoms with Crippen molar-refractivity contribution in [3.63, 3.8) is 0 Å². The number of ether oxygens (including phenoxy) is 1. The highest BCUT2D eigenvalue weighted by atomic mass is 16.5. The van der Waals surface area contributed by atoms with Gasteiger partial charge in [-0.2, -0.15) is 5.10 Å². The summed E-state index contributed by atoms with van der Waals surface area (Å²) < 4.78 is 7.16. The highest BCUT2D eigenvalue weighted by molar-refractivity contribution is 5.06. The van der Waals surface area contributed by atoms with Crippen LogP contribution in [-0.4, -0.2) is 47.3 Å². The molecule has 0 saturated heterocycles. The number of aliphatic hydroxyl groups excluding tert-OH is 1. The summed E-state index contributed by atoms with van der Waals surface area (Å²) in [6.07, 6.45) is 0.585. The van der Waals surface area contributed by atoms with Crippen LogP contribution in [0.1, 0.15) is 24.7 Å². The van der Waals surface area contributed by atoms with Gasteiger partial charge >= 0.3 is 0 Å². The van der Waals surface area contributed by atoms with Crippen molar-refractivity contribution in [3.8, 4) is 0 Å². The lowest BCUT2D eigenvalue weighted by molar-refractivity contribution is 0.0429. The third-order valence-electron chi connectivity index (χ3n) is 2.72. The molecule has 18 heavy (non-hydrogen) atoms. The van der Waals surface area contributed by atoms with E-state index in [1.807, 2.05) is 18.5 Å².